The van der Waals surface area contributed by atoms with Gasteiger partial charge in [-0.1, -0.05) is 48.5 Å². The highest BCUT2D eigenvalue weighted by atomic mass is 19.1. The molecule has 2 atom stereocenters. The van der Waals surface area contributed by atoms with Crippen LogP contribution in [0.4, 0.5) is 14.9 Å². The first-order valence-electron chi connectivity index (χ1n) is 11.4. The Morgan fingerprint density at radius 3 is 2.39 bits per heavy atom. The predicted octanol–water partition coefficient (Wildman–Crippen LogP) is 5.38. The zero-order chi connectivity index (χ0) is 22.8. The molecule has 2 aliphatic rings. The minimum Gasteiger partial charge on any atom is -0.497 e. The van der Waals surface area contributed by atoms with Gasteiger partial charge in [-0.2, -0.15) is 0 Å². The molecule has 3 aromatic carbocycles. The number of fused-ring (bicyclic) bond motifs is 2. The molecule has 0 saturated carbocycles. The van der Waals surface area contributed by atoms with Crippen LogP contribution in [-0.2, 0) is 6.54 Å². The van der Waals surface area contributed by atoms with E-state index in [1.807, 2.05) is 23.1 Å². The lowest BCUT2D eigenvalue weighted by Gasteiger charge is -2.41. The number of carbonyl (C=O) groups is 1. The number of urea groups is 1. The van der Waals surface area contributed by atoms with Crippen molar-refractivity contribution in [1.82, 2.24) is 9.80 Å². The Bertz CT molecular complexity index is 1120. The molecule has 2 heterocycles. The van der Waals surface area contributed by atoms with Gasteiger partial charge < -0.3 is 15.0 Å². The summed E-state index contributed by atoms with van der Waals surface area (Å²) in [7, 11) is 1.68. The standard InChI is InChI=1S/C27H28FN3O2/c1-33-24-6-4-5-21(15-24)20-11-9-19(10-12-20)16-31-22-13-14-23(31)18-30(17-22)27(32)29-26-8-3-2-7-25(26)28/h2-12,15,22-23H,13-14,16-18H2,1H3,(H,29,32). The van der Waals surface area contributed by atoms with E-state index in [2.05, 4.69) is 40.5 Å². The summed E-state index contributed by atoms with van der Waals surface area (Å²) in [6.45, 7) is 2.20. The van der Waals surface area contributed by atoms with Crippen LogP contribution >= 0.6 is 0 Å². The molecule has 5 nitrogen and oxygen atoms in total. The van der Waals surface area contributed by atoms with Crippen LogP contribution in [0.1, 0.15) is 18.4 Å². The Kier molecular flexibility index (Phi) is 6.01. The van der Waals surface area contributed by atoms with Crippen molar-refractivity contribution in [2.24, 2.45) is 0 Å². The van der Waals surface area contributed by atoms with Crippen LogP contribution in [0.2, 0.25) is 0 Å². The highest BCUT2D eigenvalue weighted by Gasteiger charge is 2.41. The Labute approximate surface area is 193 Å². The fraction of sp³-hybridized carbons (Fsp3) is 0.296. The van der Waals surface area contributed by atoms with Crippen molar-refractivity contribution in [3.8, 4) is 16.9 Å². The van der Waals surface area contributed by atoms with Crippen molar-refractivity contribution >= 4 is 11.7 Å². The van der Waals surface area contributed by atoms with E-state index in [9.17, 15) is 9.18 Å². The number of ether oxygens (including phenoxy) is 1. The molecule has 1 N–H and O–H groups in total. The Morgan fingerprint density at radius 1 is 0.970 bits per heavy atom. The number of halogens is 1. The normalized spacial score (nSPS) is 20.0. The molecular weight excluding hydrogens is 417 g/mol. The van der Waals surface area contributed by atoms with Gasteiger partial charge in [0.2, 0.25) is 0 Å². The molecule has 0 spiro atoms. The van der Waals surface area contributed by atoms with E-state index in [0.29, 0.717) is 25.2 Å². The minimum atomic E-state index is -0.412. The van der Waals surface area contributed by atoms with Crippen LogP contribution in [0.5, 0.6) is 5.75 Å². The summed E-state index contributed by atoms with van der Waals surface area (Å²) in [6.07, 6.45) is 2.16. The van der Waals surface area contributed by atoms with E-state index in [-0.39, 0.29) is 11.7 Å². The topological polar surface area (TPSA) is 44.8 Å². The van der Waals surface area contributed by atoms with Gasteiger partial charge in [0.25, 0.3) is 0 Å². The lowest BCUT2D eigenvalue weighted by molar-refractivity contribution is 0.0812. The van der Waals surface area contributed by atoms with Crippen LogP contribution in [0.3, 0.4) is 0 Å². The Morgan fingerprint density at radius 2 is 1.70 bits per heavy atom. The summed E-state index contributed by atoms with van der Waals surface area (Å²) in [5.74, 6) is 0.440. The molecule has 2 fully saturated rings. The van der Waals surface area contributed by atoms with E-state index in [1.165, 1.54) is 11.6 Å². The van der Waals surface area contributed by atoms with Gasteiger partial charge >= 0.3 is 6.03 Å². The first kappa shape index (κ1) is 21.5. The molecule has 2 amide bonds. The number of benzene rings is 3. The molecule has 0 aliphatic carbocycles. The van der Waals surface area contributed by atoms with Gasteiger partial charge in [-0.3, -0.25) is 4.90 Å². The SMILES string of the molecule is COc1cccc(-c2ccc(CN3C4CCC3CN(C(=O)Nc3ccccc3F)C4)cc2)c1. The van der Waals surface area contributed by atoms with E-state index >= 15 is 0 Å². The van der Waals surface area contributed by atoms with Gasteiger partial charge in [-0.05, 0) is 53.8 Å². The molecular formula is C27H28FN3O2. The fourth-order valence-corrected chi connectivity index (χ4v) is 4.99. The number of rotatable bonds is 5. The Balaban J connectivity index is 1.22. The lowest BCUT2D eigenvalue weighted by Crippen LogP contribution is -2.55. The molecule has 170 valence electrons. The molecule has 6 heteroatoms. The van der Waals surface area contributed by atoms with Gasteiger partial charge in [0.1, 0.15) is 11.6 Å². The van der Waals surface area contributed by atoms with Crippen LogP contribution in [0, 0.1) is 5.82 Å². The van der Waals surface area contributed by atoms with Crippen LogP contribution in [0.25, 0.3) is 11.1 Å². The molecule has 3 aromatic rings. The number of likely N-dealkylation sites (tertiary alicyclic amines) is 1. The number of nitrogens with one attached hydrogen (secondary N) is 1. The number of amides is 2. The number of nitrogens with zero attached hydrogens (tertiary/aromatic N) is 2. The van der Waals surface area contributed by atoms with E-state index < -0.39 is 5.82 Å². The quantitative estimate of drug-likeness (QED) is 0.573. The summed E-state index contributed by atoms with van der Waals surface area (Å²) >= 11 is 0. The highest BCUT2D eigenvalue weighted by molar-refractivity contribution is 5.89. The molecule has 2 unspecified atom stereocenters. The minimum absolute atomic E-state index is 0.223. The van der Waals surface area contributed by atoms with Gasteiger partial charge in [0, 0.05) is 31.7 Å². The highest BCUT2D eigenvalue weighted by Crippen LogP contribution is 2.32. The van der Waals surface area contributed by atoms with E-state index in [1.54, 1.807) is 25.3 Å². The molecule has 2 aliphatic heterocycles. The predicted molar refractivity (Wildman–Crippen MR) is 128 cm³/mol. The van der Waals surface area contributed by atoms with Crippen molar-refractivity contribution in [2.75, 3.05) is 25.5 Å². The Hall–Kier alpha value is -3.38. The average Bonchev–Trinajstić information content (AvgIpc) is 3.07. The van der Waals surface area contributed by atoms with Crippen LogP contribution in [-0.4, -0.2) is 48.1 Å². The molecule has 5 rings (SSSR count). The summed E-state index contributed by atoms with van der Waals surface area (Å²) < 4.78 is 19.3. The van der Waals surface area contributed by atoms with Gasteiger partial charge in [0.05, 0.1) is 12.8 Å². The number of hydrogen-bond donors (Lipinski definition) is 1. The zero-order valence-corrected chi connectivity index (χ0v) is 18.7. The first-order chi connectivity index (χ1) is 16.1. The van der Waals surface area contributed by atoms with Gasteiger partial charge in [-0.25, -0.2) is 9.18 Å². The first-order valence-corrected chi connectivity index (χ1v) is 11.4. The third-order valence-corrected chi connectivity index (χ3v) is 6.76. The molecule has 0 radical (unpaired) electrons. The summed E-state index contributed by atoms with van der Waals surface area (Å²) in [4.78, 5) is 17.1. The maximum Gasteiger partial charge on any atom is 0.322 e. The molecule has 2 saturated heterocycles. The van der Waals surface area contributed by atoms with Crippen molar-refractivity contribution in [3.05, 3.63) is 84.2 Å². The molecule has 0 aromatic heterocycles. The monoisotopic (exact) mass is 445 g/mol. The number of para-hydroxylation sites is 1. The molecule has 2 bridgehead atoms. The average molecular weight is 446 g/mol. The summed E-state index contributed by atoms with van der Waals surface area (Å²) in [6, 6.07) is 23.5. The summed E-state index contributed by atoms with van der Waals surface area (Å²) in [5, 5.41) is 2.73. The van der Waals surface area contributed by atoms with E-state index in [4.69, 9.17) is 4.74 Å². The summed E-state index contributed by atoms with van der Waals surface area (Å²) in [5.41, 5.74) is 3.79. The van der Waals surface area contributed by atoms with Crippen molar-refractivity contribution < 1.29 is 13.9 Å². The zero-order valence-electron chi connectivity index (χ0n) is 18.7. The number of methoxy groups -OCH3 is 1. The van der Waals surface area contributed by atoms with Crippen molar-refractivity contribution in [1.29, 1.82) is 0 Å². The fourth-order valence-electron chi connectivity index (χ4n) is 4.99. The molecule has 33 heavy (non-hydrogen) atoms. The maximum atomic E-state index is 13.9. The third kappa shape index (κ3) is 4.57. The largest absolute Gasteiger partial charge is 0.497 e. The van der Waals surface area contributed by atoms with Crippen molar-refractivity contribution in [3.63, 3.8) is 0 Å². The second-order valence-electron chi connectivity index (χ2n) is 8.80. The van der Waals surface area contributed by atoms with Crippen LogP contribution in [0.15, 0.2) is 72.8 Å². The second-order valence-corrected chi connectivity index (χ2v) is 8.80. The number of anilines is 1. The van der Waals surface area contributed by atoms with Crippen LogP contribution < -0.4 is 10.1 Å². The lowest BCUT2D eigenvalue weighted by atomic mass is 10.0. The number of carbonyl (C=O) groups excluding carboxylic acids is 1. The number of hydrogen-bond acceptors (Lipinski definition) is 3. The van der Waals surface area contributed by atoms with Gasteiger partial charge in [0.15, 0.2) is 0 Å². The smallest absolute Gasteiger partial charge is 0.322 e. The maximum absolute atomic E-state index is 13.9. The van der Waals surface area contributed by atoms with E-state index in [0.717, 1.165) is 36.3 Å². The van der Waals surface area contributed by atoms with Crippen molar-refractivity contribution in [2.45, 2.75) is 31.5 Å². The van der Waals surface area contributed by atoms with Gasteiger partial charge in [-0.15, -0.1) is 0 Å². The number of piperazine rings is 1. The second kappa shape index (κ2) is 9.24. The third-order valence-electron chi connectivity index (χ3n) is 6.76.